The van der Waals surface area contributed by atoms with Crippen LogP contribution in [0.25, 0.3) is 0 Å². The van der Waals surface area contributed by atoms with Gasteiger partial charge in [0.2, 0.25) is 5.91 Å². The molecule has 9 heteroatoms. The molecule has 1 atom stereocenters. The normalized spacial score (nSPS) is 12.4. The summed E-state index contributed by atoms with van der Waals surface area (Å²) in [6.07, 6.45) is -3.82. The maximum absolute atomic E-state index is 12.5. The molecular formula is C18H19F3N2O4. The van der Waals surface area contributed by atoms with Gasteiger partial charge in [0.05, 0.1) is 5.56 Å². The molecule has 146 valence electrons. The minimum atomic E-state index is -4.42. The van der Waals surface area contributed by atoms with Crippen LogP contribution in [-0.4, -0.2) is 34.8 Å². The molecule has 1 amide bonds. The molecule has 27 heavy (non-hydrogen) atoms. The number of carbonyl (C=O) groups is 1. The molecule has 0 aliphatic carbocycles. The number of amides is 1. The van der Waals surface area contributed by atoms with Crippen LogP contribution in [0, 0.1) is 0 Å². The summed E-state index contributed by atoms with van der Waals surface area (Å²) in [4.78, 5) is 23.3. The Bertz CT molecular complexity index is 803. The van der Waals surface area contributed by atoms with Gasteiger partial charge in [0, 0.05) is 31.8 Å². The molecule has 0 spiro atoms. The Hall–Kier alpha value is -2.81. The molecule has 2 aromatic rings. The molecular weight excluding hydrogens is 365 g/mol. The highest BCUT2D eigenvalue weighted by Gasteiger charge is 2.30. The van der Waals surface area contributed by atoms with Gasteiger partial charge < -0.3 is 19.7 Å². The largest absolute Gasteiger partial charge is 0.491 e. The fourth-order valence-corrected chi connectivity index (χ4v) is 2.18. The van der Waals surface area contributed by atoms with Gasteiger partial charge in [-0.2, -0.15) is 13.2 Å². The zero-order chi connectivity index (χ0) is 19.9. The van der Waals surface area contributed by atoms with Gasteiger partial charge in [-0.1, -0.05) is 6.07 Å². The highest BCUT2D eigenvalue weighted by atomic mass is 19.4. The number of aryl methyl sites for hydroxylation is 1. The third-order valence-corrected chi connectivity index (χ3v) is 3.64. The summed E-state index contributed by atoms with van der Waals surface area (Å²) in [5, 5.41) is 12.3. The predicted molar refractivity (Wildman–Crippen MR) is 91.3 cm³/mol. The maximum Gasteiger partial charge on any atom is 0.416 e. The first-order chi connectivity index (χ1) is 12.8. The Balaban J connectivity index is 1.69. The molecule has 1 aromatic carbocycles. The van der Waals surface area contributed by atoms with Crippen LogP contribution < -0.4 is 15.6 Å². The van der Waals surface area contributed by atoms with Crippen LogP contribution in [0.2, 0.25) is 0 Å². The fourth-order valence-electron chi connectivity index (χ4n) is 2.18. The molecule has 0 saturated carbocycles. The number of aromatic nitrogens is 1. The molecule has 0 aliphatic heterocycles. The summed E-state index contributed by atoms with van der Waals surface area (Å²) in [5.74, 6) is -0.170. The van der Waals surface area contributed by atoms with E-state index in [1.165, 1.54) is 10.6 Å². The molecule has 0 bridgehead atoms. The summed E-state index contributed by atoms with van der Waals surface area (Å²) in [5.41, 5.74) is -1.00. The van der Waals surface area contributed by atoms with E-state index in [1.807, 2.05) is 0 Å². The van der Waals surface area contributed by atoms with Crippen LogP contribution in [0.5, 0.6) is 5.75 Å². The van der Waals surface area contributed by atoms with Gasteiger partial charge in [-0.15, -0.1) is 0 Å². The van der Waals surface area contributed by atoms with Crippen LogP contribution in [0.15, 0.2) is 53.5 Å². The first-order valence-corrected chi connectivity index (χ1v) is 8.16. The highest BCUT2D eigenvalue weighted by Crippen LogP contribution is 2.30. The molecule has 0 saturated heterocycles. The number of ether oxygens (including phenoxy) is 1. The van der Waals surface area contributed by atoms with E-state index in [1.54, 1.807) is 18.3 Å². The van der Waals surface area contributed by atoms with Crippen molar-refractivity contribution in [3.63, 3.8) is 0 Å². The third-order valence-electron chi connectivity index (χ3n) is 3.64. The Labute approximate surface area is 153 Å². The zero-order valence-electron chi connectivity index (χ0n) is 14.3. The number of hydrogen-bond donors (Lipinski definition) is 2. The van der Waals surface area contributed by atoms with Crippen molar-refractivity contribution in [2.45, 2.75) is 25.2 Å². The molecule has 0 aliphatic rings. The van der Waals surface area contributed by atoms with Crippen molar-refractivity contribution >= 4 is 5.91 Å². The summed E-state index contributed by atoms with van der Waals surface area (Å²) < 4.78 is 44.0. The van der Waals surface area contributed by atoms with Crippen LogP contribution in [0.3, 0.4) is 0 Å². The SMILES string of the molecule is O=C(CCn1ccccc1=O)NCC(O)COc1ccc(C(F)(F)F)cc1. The van der Waals surface area contributed by atoms with E-state index in [0.29, 0.717) is 0 Å². The topological polar surface area (TPSA) is 80.6 Å². The van der Waals surface area contributed by atoms with Crippen molar-refractivity contribution in [3.05, 3.63) is 64.6 Å². The van der Waals surface area contributed by atoms with E-state index in [2.05, 4.69) is 5.32 Å². The predicted octanol–water partition coefficient (Wildman–Crippen LogP) is 1.81. The van der Waals surface area contributed by atoms with Crippen molar-refractivity contribution in [3.8, 4) is 5.75 Å². The Morgan fingerprint density at radius 2 is 1.89 bits per heavy atom. The first-order valence-electron chi connectivity index (χ1n) is 8.16. The number of carbonyl (C=O) groups excluding carboxylic acids is 1. The molecule has 6 nitrogen and oxygen atoms in total. The summed E-state index contributed by atoms with van der Waals surface area (Å²) in [6, 6.07) is 8.76. The zero-order valence-corrected chi connectivity index (χ0v) is 14.3. The monoisotopic (exact) mass is 384 g/mol. The van der Waals surface area contributed by atoms with Crippen LogP contribution in [-0.2, 0) is 17.5 Å². The van der Waals surface area contributed by atoms with Gasteiger partial charge in [0.25, 0.3) is 5.56 Å². The van der Waals surface area contributed by atoms with Crippen molar-refractivity contribution in [2.75, 3.05) is 13.2 Å². The van der Waals surface area contributed by atoms with Gasteiger partial charge >= 0.3 is 6.18 Å². The Morgan fingerprint density at radius 1 is 1.19 bits per heavy atom. The average molecular weight is 384 g/mol. The number of aliphatic hydroxyl groups is 1. The van der Waals surface area contributed by atoms with Crippen molar-refractivity contribution < 1.29 is 27.8 Å². The Morgan fingerprint density at radius 3 is 2.52 bits per heavy atom. The fraction of sp³-hybridized carbons (Fsp3) is 0.333. The first kappa shape index (κ1) is 20.5. The van der Waals surface area contributed by atoms with Crippen molar-refractivity contribution in [1.29, 1.82) is 0 Å². The Kier molecular flexibility index (Phi) is 7.00. The van der Waals surface area contributed by atoms with Crippen molar-refractivity contribution in [1.82, 2.24) is 9.88 Å². The number of benzene rings is 1. The molecule has 1 aromatic heterocycles. The number of nitrogens with one attached hydrogen (secondary N) is 1. The quantitative estimate of drug-likeness (QED) is 0.728. The second-order valence-corrected chi connectivity index (χ2v) is 5.77. The van der Waals surface area contributed by atoms with E-state index in [9.17, 15) is 27.9 Å². The number of aliphatic hydroxyl groups excluding tert-OH is 1. The maximum atomic E-state index is 12.5. The average Bonchev–Trinajstić information content (AvgIpc) is 2.63. The van der Waals surface area contributed by atoms with Crippen molar-refractivity contribution in [2.24, 2.45) is 0 Å². The second kappa shape index (κ2) is 9.22. The number of alkyl halides is 3. The molecule has 0 radical (unpaired) electrons. The van der Waals surface area contributed by atoms with Gasteiger partial charge in [-0.3, -0.25) is 9.59 Å². The lowest BCUT2D eigenvalue weighted by Gasteiger charge is -2.14. The standard InChI is InChI=1S/C18H19F3N2O4/c19-18(20,21)13-4-6-15(7-5-13)27-12-14(24)11-22-16(25)8-10-23-9-2-1-3-17(23)26/h1-7,9,14,24H,8,10-12H2,(H,22,25). The molecule has 1 heterocycles. The number of pyridine rings is 1. The van der Waals surface area contributed by atoms with E-state index in [0.717, 1.165) is 24.3 Å². The summed E-state index contributed by atoms with van der Waals surface area (Å²) >= 11 is 0. The summed E-state index contributed by atoms with van der Waals surface area (Å²) in [6.45, 7) is -0.0589. The van der Waals surface area contributed by atoms with Crippen LogP contribution in [0.4, 0.5) is 13.2 Å². The molecule has 1 unspecified atom stereocenters. The lowest BCUT2D eigenvalue weighted by Crippen LogP contribution is -2.36. The van der Waals surface area contributed by atoms with Gasteiger partial charge in [0.1, 0.15) is 18.5 Å². The molecule has 0 fully saturated rings. The van der Waals surface area contributed by atoms with Gasteiger partial charge in [-0.25, -0.2) is 0 Å². The van der Waals surface area contributed by atoms with Crippen LogP contribution >= 0.6 is 0 Å². The number of rotatable bonds is 8. The van der Waals surface area contributed by atoms with Gasteiger partial charge in [-0.05, 0) is 30.3 Å². The smallest absolute Gasteiger partial charge is 0.416 e. The highest BCUT2D eigenvalue weighted by molar-refractivity contribution is 5.75. The van der Waals surface area contributed by atoms with E-state index < -0.39 is 17.8 Å². The van der Waals surface area contributed by atoms with E-state index in [-0.39, 0.29) is 43.3 Å². The minimum absolute atomic E-state index is 0.0659. The third kappa shape index (κ3) is 6.78. The number of hydrogen-bond acceptors (Lipinski definition) is 4. The van der Waals surface area contributed by atoms with E-state index >= 15 is 0 Å². The second-order valence-electron chi connectivity index (χ2n) is 5.77. The molecule has 2 rings (SSSR count). The number of halogens is 3. The van der Waals surface area contributed by atoms with Crippen LogP contribution in [0.1, 0.15) is 12.0 Å². The lowest BCUT2D eigenvalue weighted by atomic mass is 10.2. The lowest BCUT2D eigenvalue weighted by molar-refractivity contribution is -0.137. The van der Waals surface area contributed by atoms with E-state index in [4.69, 9.17) is 4.74 Å². The molecule has 2 N–H and O–H groups in total. The minimum Gasteiger partial charge on any atom is -0.491 e. The number of nitrogens with zero attached hydrogens (tertiary/aromatic N) is 1. The van der Waals surface area contributed by atoms with Gasteiger partial charge in [0.15, 0.2) is 0 Å². The summed E-state index contributed by atoms with van der Waals surface area (Å²) in [7, 11) is 0.